The van der Waals surface area contributed by atoms with E-state index in [-0.39, 0.29) is 23.5 Å². The zero-order chi connectivity index (χ0) is 17.4. The molecule has 0 aliphatic rings. The normalized spacial score (nSPS) is 9.71. The number of hydrogen-bond donors (Lipinski definition) is 3. The highest BCUT2D eigenvalue weighted by atomic mass is 32.1. The van der Waals surface area contributed by atoms with E-state index in [0.717, 1.165) is 0 Å². The van der Waals surface area contributed by atoms with E-state index in [9.17, 15) is 9.59 Å². The van der Waals surface area contributed by atoms with Gasteiger partial charge in [-0.25, -0.2) is 0 Å². The van der Waals surface area contributed by atoms with Crippen LogP contribution in [0.2, 0.25) is 0 Å². The molecule has 6 nitrogen and oxygen atoms in total. The Morgan fingerprint density at radius 2 is 1.67 bits per heavy atom. The number of anilines is 2. The van der Waals surface area contributed by atoms with Gasteiger partial charge in [-0.05, 0) is 42.5 Å². The Kier molecular flexibility index (Phi) is 6.27. The molecule has 2 amide bonds. The highest BCUT2D eigenvalue weighted by Gasteiger charge is 2.05. The van der Waals surface area contributed by atoms with Crippen LogP contribution in [0, 0.1) is 0 Å². The van der Waals surface area contributed by atoms with Gasteiger partial charge in [0.2, 0.25) is 5.91 Å². The Labute approximate surface area is 145 Å². The van der Waals surface area contributed by atoms with Gasteiger partial charge >= 0.3 is 0 Å². The van der Waals surface area contributed by atoms with Gasteiger partial charge in [-0.2, -0.15) is 0 Å². The topological polar surface area (TPSA) is 79.5 Å². The number of ether oxygens (including phenoxy) is 1. The number of carbonyl (C=O) groups excluding carboxylic acids is 2. The molecule has 0 saturated heterocycles. The molecule has 0 bridgehead atoms. The first kappa shape index (κ1) is 17.4. The molecule has 124 valence electrons. The van der Waals surface area contributed by atoms with Gasteiger partial charge in [0.15, 0.2) is 11.7 Å². The van der Waals surface area contributed by atoms with Crippen molar-refractivity contribution in [2.45, 2.75) is 6.92 Å². The number of benzene rings is 2. The molecular formula is C17H17N3O3S. The van der Waals surface area contributed by atoms with E-state index in [0.29, 0.717) is 17.1 Å². The van der Waals surface area contributed by atoms with Gasteiger partial charge in [0.1, 0.15) is 5.75 Å². The van der Waals surface area contributed by atoms with Gasteiger partial charge in [0, 0.05) is 18.3 Å². The van der Waals surface area contributed by atoms with E-state index in [1.54, 1.807) is 36.4 Å². The fourth-order valence-corrected chi connectivity index (χ4v) is 2.12. The summed E-state index contributed by atoms with van der Waals surface area (Å²) < 4.78 is 5.38. The minimum absolute atomic E-state index is 0.0913. The van der Waals surface area contributed by atoms with Crippen LogP contribution in [0.15, 0.2) is 54.6 Å². The summed E-state index contributed by atoms with van der Waals surface area (Å²) in [5, 5.41) is 8.25. The van der Waals surface area contributed by atoms with Gasteiger partial charge < -0.3 is 20.7 Å². The van der Waals surface area contributed by atoms with Crippen molar-refractivity contribution >= 4 is 40.5 Å². The van der Waals surface area contributed by atoms with Crippen molar-refractivity contribution in [3.05, 3.63) is 54.6 Å². The maximum absolute atomic E-state index is 11.9. The number of carbonyl (C=O) groups is 2. The lowest BCUT2D eigenvalue weighted by molar-refractivity contribution is -0.118. The summed E-state index contributed by atoms with van der Waals surface area (Å²) in [7, 11) is 0. The second-order valence-electron chi connectivity index (χ2n) is 4.87. The van der Waals surface area contributed by atoms with Crippen molar-refractivity contribution in [2.24, 2.45) is 0 Å². The predicted octanol–water partition coefficient (Wildman–Crippen LogP) is 2.54. The van der Waals surface area contributed by atoms with Gasteiger partial charge in [-0.3, -0.25) is 9.59 Å². The smallest absolute Gasteiger partial charge is 0.262 e. The van der Waals surface area contributed by atoms with Crippen molar-refractivity contribution in [2.75, 3.05) is 17.2 Å². The first-order valence-electron chi connectivity index (χ1n) is 7.19. The first-order chi connectivity index (χ1) is 11.5. The molecular weight excluding hydrogens is 326 g/mol. The van der Waals surface area contributed by atoms with E-state index in [1.807, 2.05) is 18.2 Å². The summed E-state index contributed by atoms with van der Waals surface area (Å²) in [6, 6.07) is 16.1. The quantitative estimate of drug-likeness (QED) is 0.727. The Bertz CT molecular complexity index is 735. The molecule has 2 aromatic carbocycles. The van der Waals surface area contributed by atoms with Crippen molar-refractivity contribution in [1.29, 1.82) is 0 Å². The van der Waals surface area contributed by atoms with Crippen LogP contribution in [0.25, 0.3) is 0 Å². The number of para-hydroxylation sites is 1. The van der Waals surface area contributed by atoms with Crippen molar-refractivity contribution in [3.63, 3.8) is 0 Å². The molecule has 0 aromatic heterocycles. The second kappa shape index (κ2) is 8.64. The van der Waals surface area contributed by atoms with Crippen LogP contribution < -0.4 is 20.7 Å². The van der Waals surface area contributed by atoms with Crippen LogP contribution in [0.1, 0.15) is 6.92 Å². The third kappa shape index (κ3) is 6.05. The SMILES string of the molecule is CC(=O)NC(=S)Nc1cccc(NC(=O)COc2ccccc2)c1. The number of thiocarbonyl (C=S) groups is 1. The lowest BCUT2D eigenvalue weighted by Crippen LogP contribution is -2.32. The highest BCUT2D eigenvalue weighted by molar-refractivity contribution is 7.80. The molecule has 0 aliphatic carbocycles. The van der Waals surface area contributed by atoms with Gasteiger partial charge in [-0.1, -0.05) is 24.3 Å². The first-order valence-corrected chi connectivity index (χ1v) is 7.60. The predicted molar refractivity (Wildman–Crippen MR) is 97.0 cm³/mol. The Morgan fingerprint density at radius 3 is 2.33 bits per heavy atom. The molecule has 2 rings (SSSR count). The van der Waals surface area contributed by atoms with Crippen molar-refractivity contribution in [1.82, 2.24) is 5.32 Å². The third-order valence-corrected chi connectivity index (χ3v) is 3.01. The Hall–Kier alpha value is -2.93. The summed E-state index contributed by atoms with van der Waals surface area (Å²) in [5.41, 5.74) is 1.24. The lowest BCUT2D eigenvalue weighted by Gasteiger charge is -2.11. The van der Waals surface area contributed by atoms with Crippen molar-refractivity contribution < 1.29 is 14.3 Å². The van der Waals surface area contributed by atoms with Crippen LogP contribution in [-0.4, -0.2) is 23.5 Å². The molecule has 7 heteroatoms. The van der Waals surface area contributed by atoms with E-state index >= 15 is 0 Å². The van der Waals surface area contributed by atoms with E-state index in [1.165, 1.54) is 6.92 Å². The van der Waals surface area contributed by atoms with E-state index < -0.39 is 0 Å². The number of nitrogens with one attached hydrogen (secondary N) is 3. The van der Waals surface area contributed by atoms with Crippen LogP contribution in [0.3, 0.4) is 0 Å². The molecule has 0 saturated carbocycles. The molecule has 0 fully saturated rings. The summed E-state index contributed by atoms with van der Waals surface area (Å²) >= 11 is 4.99. The Morgan fingerprint density at radius 1 is 1.00 bits per heavy atom. The van der Waals surface area contributed by atoms with Gasteiger partial charge in [0.25, 0.3) is 5.91 Å². The van der Waals surface area contributed by atoms with E-state index in [2.05, 4.69) is 16.0 Å². The maximum Gasteiger partial charge on any atom is 0.262 e. The molecule has 0 unspecified atom stereocenters. The molecule has 0 radical (unpaired) electrons. The summed E-state index contributed by atoms with van der Waals surface area (Å²) in [6.45, 7) is 1.28. The van der Waals surface area contributed by atoms with Crippen LogP contribution in [0.5, 0.6) is 5.75 Å². The molecule has 0 atom stereocenters. The molecule has 0 heterocycles. The molecule has 0 aliphatic heterocycles. The van der Waals surface area contributed by atoms with Crippen molar-refractivity contribution in [3.8, 4) is 5.75 Å². The highest BCUT2D eigenvalue weighted by Crippen LogP contribution is 2.15. The van der Waals surface area contributed by atoms with Gasteiger partial charge in [-0.15, -0.1) is 0 Å². The molecule has 24 heavy (non-hydrogen) atoms. The minimum Gasteiger partial charge on any atom is -0.484 e. The minimum atomic E-state index is -0.277. The maximum atomic E-state index is 11.9. The number of hydrogen-bond acceptors (Lipinski definition) is 4. The fraction of sp³-hybridized carbons (Fsp3) is 0.118. The summed E-state index contributed by atoms with van der Waals surface area (Å²) in [6.07, 6.45) is 0. The monoisotopic (exact) mass is 343 g/mol. The average molecular weight is 343 g/mol. The second-order valence-corrected chi connectivity index (χ2v) is 5.27. The standard InChI is InChI=1S/C17H17N3O3S/c1-12(21)18-17(24)20-14-7-5-6-13(10-14)19-16(22)11-23-15-8-3-2-4-9-15/h2-10H,11H2,1H3,(H,19,22)(H2,18,20,21,24). The third-order valence-electron chi connectivity index (χ3n) is 2.81. The van der Waals surface area contributed by atoms with Crippen LogP contribution in [0.4, 0.5) is 11.4 Å². The number of rotatable bonds is 5. The lowest BCUT2D eigenvalue weighted by atomic mass is 10.2. The summed E-state index contributed by atoms with van der Waals surface area (Å²) in [4.78, 5) is 22.9. The van der Waals surface area contributed by atoms with Crippen LogP contribution >= 0.6 is 12.2 Å². The molecule has 0 spiro atoms. The average Bonchev–Trinajstić information content (AvgIpc) is 2.53. The van der Waals surface area contributed by atoms with Gasteiger partial charge in [0.05, 0.1) is 0 Å². The Balaban J connectivity index is 1.88. The fourth-order valence-electron chi connectivity index (χ4n) is 1.86. The molecule has 2 aromatic rings. The van der Waals surface area contributed by atoms with E-state index in [4.69, 9.17) is 17.0 Å². The molecule has 3 N–H and O–H groups in total. The summed E-state index contributed by atoms with van der Waals surface area (Å²) in [5.74, 6) is 0.0965. The van der Waals surface area contributed by atoms with Crippen LogP contribution in [-0.2, 0) is 9.59 Å². The largest absolute Gasteiger partial charge is 0.484 e. The zero-order valence-corrected chi connectivity index (χ0v) is 13.9. The zero-order valence-electron chi connectivity index (χ0n) is 13.0. The number of amides is 2.